The van der Waals surface area contributed by atoms with E-state index in [0.717, 1.165) is 6.07 Å². The summed E-state index contributed by atoms with van der Waals surface area (Å²) >= 11 is 1.69. The number of methoxy groups -OCH3 is 1. The topological polar surface area (TPSA) is 35.2 Å². The van der Waals surface area contributed by atoms with Gasteiger partial charge in [0, 0.05) is 6.07 Å². The summed E-state index contributed by atoms with van der Waals surface area (Å²) in [7, 11) is 1.20. The summed E-state index contributed by atoms with van der Waals surface area (Å²) in [6, 6.07) is 1.03. The molecule has 5 heteroatoms. The van der Waals surface area contributed by atoms with Crippen LogP contribution in [-0.2, 0) is 0 Å². The third kappa shape index (κ3) is 1.45. The van der Waals surface area contributed by atoms with Gasteiger partial charge in [-0.25, -0.2) is 8.78 Å². The second-order valence-corrected chi connectivity index (χ2v) is 3.19. The average Bonchev–Trinajstić information content (AvgIpc) is 2.01. The largest absolute Gasteiger partial charge is 0.491 e. The predicted octanol–water partition coefficient (Wildman–Crippen LogP) is 2.16. The van der Waals surface area contributed by atoms with Gasteiger partial charge in [0.1, 0.15) is 0 Å². The Morgan fingerprint density at radius 1 is 1.50 bits per heavy atom. The Morgan fingerprint density at radius 2 is 2.08 bits per heavy atom. The molecule has 0 atom stereocenters. The van der Waals surface area contributed by atoms with Crippen LogP contribution in [0.25, 0.3) is 0 Å². The summed E-state index contributed by atoms with van der Waals surface area (Å²) in [5.74, 6) is -1.93. The molecule has 0 bridgehead atoms. The fraction of sp³-hybridized carbons (Fsp3) is 0.143. The van der Waals surface area contributed by atoms with E-state index in [1.54, 1.807) is 22.6 Å². The van der Waals surface area contributed by atoms with Gasteiger partial charge in [0.05, 0.1) is 16.4 Å². The van der Waals surface area contributed by atoms with Gasteiger partial charge in [-0.15, -0.1) is 0 Å². The molecule has 0 unspecified atom stereocenters. The molecule has 0 saturated carbocycles. The number of nitrogen functional groups attached to an aromatic ring is 1. The molecule has 66 valence electrons. The quantitative estimate of drug-likeness (QED) is 0.487. The van der Waals surface area contributed by atoms with Crippen LogP contribution in [0.1, 0.15) is 0 Å². The highest BCUT2D eigenvalue weighted by atomic mass is 127. The molecule has 0 spiro atoms. The lowest BCUT2D eigenvalue weighted by atomic mass is 10.3. The second-order valence-electron chi connectivity index (χ2n) is 2.11. The molecule has 0 aliphatic rings. The first-order chi connectivity index (χ1) is 5.57. The van der Waals surface area contributed by atoms with Crippen LogP contribution in [0.5, 0.6) is 5.75 Å². The molecule has 1 rings (SSSR count). The van der Waals surface area contributed by atoms with Crippen LogP contribution in [0.15, 0.2) is 6.07 Å². The van der Waals surface area contributed by atoms with Crippen molar-refractivity contribution < 1.29 is 13.5 Å². The van der Waals surface area contributed by atoms with E-state index in [4.69, 9.17) is 5.73 Å². The van der Waals surface area contributed by atoms with Crippen molar-refractivity contribution >= 4 is 28.3 Å². The van der Waals surface area contributed by atoms with Crippen LogP contribution in [-0.4, -0.2) is 7.11 Å². The molecule has 2 N–H and O–H groups in total. The molecular weight excluding hydrogens is 279 g/mol. The Kier molecular flexibility index (Phi) is 2.71. The molecule has 0 fully saturated rings. The van der Waals surface area contributed by atoms with E-state index < -0.39 is 17.4 Å². The molecule has 0 amide bonds. The van der Waals surface area contributed by atoms with Crippen LogP contribution in [0.4, 0.5) is 14.5 Å². The summed E-state index contributed by atoms with van der Waals surface area (Å²) in [6.45, 7) is 0. The van der Waals surface area contributed by atoms with Gasteiger partial charge in [-0.3, -0.25) is 0 Å². The van der Waals surface area contributed by atoms with Crippen molar-refractivity contribution in [1.82, 2.24) is 0 Å². The van der Waals surface area contributed by atoms with Crippen molar-refractivity contribution in [2.24, 2.45) is 0 Å². The monoisotopic (exact) mass is 285 g/mol. The van der Waals surface area contributed by atoms with E-state index in [2.05, 4.69) is 4.74 Å². The number of benzene rings is 1. The number of nitrogens with two attached hydrogens (primary N) is 1. The third-order valence-corrected chi connectivity index (χ3v) is 2.45. The lowest BCUT2D eigenvalue weighted by Gasteiger charge is -2.06. The maximum atomic E-state index is 13.1. The van der Waals surface area contributed by atoms with Crippen molar-refractivity contribution in [2.45, 2.75) is 0 Å². The van der Waals surface area contributed by atoms with E-state index in [1.807, 2.05) is 0 Å². The smallest absolute Gasteiger partial charge is 0.191 e. The normalized spacial score (nSPS) is 10.0. The molecular formula is C7H6F2INO. The molecule has 1 aromatic rings. The lowest BCUT2D eigenvalue weighted by Crippen LogP contribution is -1.99. The zero-order chi connectivity index (χ0) is 9.30. The molecule has 0 saturated heterocycles. The highest BCUT2D eigenvalue weighted by Crippen LogP contribution is 2.29. The van der Waals surface area contributed by atoms with Crippen molar-refractivity contribution in [1.29, 1.82) is 0 Å². The maximum absolute atomic E-state index is 13.1. The van der Waals surface area contributed by atoms with E-state index in [0.29, 0.717) is 0 Å². The summed E-state index contributed by atoms with van der Waals surface area (Å²) < 4.78 is 30.6. The highest BCUT2D eigenvalue weighted by molar-refractivity contribution is 14.1. The Bertz CT molecular complexity index is 317. The van der Waals surface area contributed by atoms with Gasteiger partial charge in [-0.2, -0.15) is 0 Å². The molecule has 0 aromatic heterocycles. The lowest BCUT2D eigenvalue weighted by molar-refractivity contribution is 0.359. The Morgan fingerprint density at radius 3 is 2.58 bits per heavy atom. The second kappa shape index (κ2) is 3.42. The zero-order valence-corrected chi connectivity index (χ0v) is 8.35. The van der Waals surface area contributed by atoms with Gasteiger partial charge in [-0.1, -0.05) is 0 Å². The maximum Gasteiger partial charge on any atom is 0.191 e. The first-order valence-corrected chi connectivity index (χ1v) is 4.12. The third-order valence-electron chi connectivity index (χ3n) is 1.35. The van der Waals surface area contributed by atoms with Crippen LogP contribution >= 0.6 is 22.6 Å². The minimum atomic E-state index is -0.784. The Balaban J connectivity index is 3.40. The van der Waals surface area contributed by atoms with Crippen molar-refractivity contribution in [3.8, 4) is 5.75 Å². The number of rotatable bonds is 1. The van der Waals surface area contributed by atoms with Crippen molar-refractivity contribution in [2.75, 3.05) is 12.8 Å². The van der Waals surface area contributed by atoms with Crippen molar-refractivity contribution in [3.05, 3.63) is 21.3 Å². The predicted molar refractivity (Wildman–Crippen MR) is 50.0 cm³/mol. The van der Waals surface area contributed by atoms with Gasteiger partial charge >= 0.3 is 0 Å². The van der Waals surface area contributed by atoms with E-state index >= 15 is 0 Å². The molecule has 0 heterocycles. The highest BCUT2D eigenvalue weighted by Gasteiger charge is 2.15. The fourth-order valence-corrected chi connectivity index (χ4v) is 1.18. The fourth-order valence-electron chi connectivity index (χ4n) is 0.784. The molecule has 0 aliphatic heterocycles. The molecule has 2 nitrogen and oxygen atoms in total. The summed E-state index contributed by atoms with van der Waals surface area (Å²) in [5.41, 5.74) is 5.38. The minimum Gasteiger partial charge on any atom is -0.491 e. The average molecular weight is 285 g/mol. The summed E-state index contributed by atoms with van der Waals surface area (Å²) in [5, 5.41) is 0. The van der Waals surface area contributed by atoms with E-state index in [9.17, 15) is 8.78 Å². The zero-order valence-electron chi connectivity index (χ0n) is 6.20. The van der Waals surface area contributed by atoms with Crippen LogP contribution in [0, 0.1) is 15.2 Å². The summed E-state index contributed by atoms with van der Waals surface area (Å²) in [6.07, 6.45) is 0. The number of ether oxygens (including phenoxy) is 1. The number of anilines is 1. The summed E-state index contributed by atoms with van der Waals surface area (Å²) in [4.78, 5) is 0. The molecule has 0 radical (unpaired) electrons. The number of hydrogen-bond acceptors (Lipinski definition) is 2. The van der Waals surface area contributed by atoms with Crippen molar-refractivity contribution in [3.63, 3.8) is 0 Å². The number of halogens is 3. The number of hydrogen-bond donors (Lipinski definition) is 1. The van der Waals surface area contributed by atoms with Gasteiger partial charge < -0.3 is 10.5 Å². The molecule has 0 aliphatic carbocycles. The SMILES string of the molecule is COc1c(F)cc(N)c(I)c1F. The van der Waals surface area contributed by atoms with Crippen LogP contribution in [0.3, 0.4) is 0 Å². The Hall–Kier alpha value is -0.590. The minimum absolute atomic E-state index is 0.0754. The van der Waals surface area contributed by atoms with Gasteiger partial charge in [0.15, 0.2) is 17.4 Å². The van der Waals surface area contributed by atoms with E-state index in [1.165, 1.54) is 7.11 Å². The van der Waals surface area contributed by atoms with E-state index in [-0.39, 0.29) is 9.26 Å². The van der Waals surface area contributed by atoms with Gasteiger partial charge in [-0.05, 0) is 22.6 Å². The molecule has 1 aromatic carbocycles. The first-order valence-electron chi connectivity index (χ1n) is 3.05. The first kappa shape index (κ1) is 9.50. The van der Waals surface area contributed by atoms with Crippen LogP contribution in [0.2, 0.25) is 0 Å². The molecule has 12 heavy (non-hydrogen) atoms. The van der Waals surface area contributed by atoms with Crippen LogP contribution < -0.4 is 10.5 Å². The standard InChI is InChI=1S/C7H6F2INO/c1-12-7-3(8)2-4(11)6(10)5(7)9/h2H,11H2,1H3. The Labute approximate surface area is 81.8 Å². The van der Waals surface area contributed by atoms with Gasteiger partial charge in [0.25, 0.3) is 0 Å². The van der Waals surface area contributed by atoms with Gasteiger partial charge in [0.2, 0.25) is 0 Å².